The molecule has 1 amide bonds. The van der Waals surface area contributed by atoms with Crippen molar-refractivity contribution in [2.45, 2.75) is 52.0 Å². The van der Waals surface area contributed by atoms with Gasteiger partial charge in [0.2, 0.25) is 5.91 Å². The first kappa shape index (κ1) is 15.5. The standard InChI is InChI=1S/C17H25N3O/c1-3-16-11-7-8-12-20(16)17(21)13-14(2)18-19-15-9-5-4-6-10-15/h4-6,9-10,16,19H,3,7-8,11-13H2,1-2H3. The van der Waals surface area contributed by atoms with E-state index in [-0.39, 0.29) is 5.91 Å². The van der Waals surface area contributed by atoms with Crippen molar-refractivity contribution in [3.63, 3.8) is 0 Å². The van der Waals surface area contributed by atoms with Crippen molar-refractivity contribution < 1.29 is 4.79 Å². The number of hydrazone groups is 1. The lowest BCUT2D eigenvalue weighted by atomic mass is 9.99. The van der Waals surface area contributed by atoms with Crippen LogP contribution in [0.15, 0.2) is 35.4 Å². The minimum Gasteiger partial charge on any atom is -0.339 e. The molecule has 4 heteroatoms. The van der Waals surface area contributed by atoms with Gasteiger partial charge in [-0.05, 0) is 44.7 Å². The van der Waals surface area contributed by atoms with E-state index in [1.54, 1.807) is 0 Å². The van der Waals surface area contributed by atoms with E-state index in [1.165, 1.54) is 6.42 Å². The molecular formula is C17H25N3O. The molecule has 1 unspecified atom stereocenters. The molecule has 1 heterocycles. The van der Waals surface area contributed by atoms with Gasteiger partial charge < -0.3 is 4.90 Å². The normalized spacial score (nSPS) is 19.4. The van der Waals surface area contributed by atoms with Crippen LogP contribution in [0.2, 0.25) is 0 Å². The second-order valence-corrected chi connectivity index (χ2v) is 5.65. The molecular weight excluding hydrogens is 262 g/mol. The predicted molar refractivity (Wildman–Crippen MR) is 87.4 cm³/mol. The first-order valence-corrected chi connectivity index (χ1v) is 7.84. The summed E-state index contributed by atoms with van der Waals surface area (Å²) in [6, 6.07) is 10.2. The Morgan fingerprint density at radius 2 is 2.10 bits per heavy atom. The summed E-state index contributed by atoms with van der Waals surface area (Å²) in [6.07, 6.45) is 4.95. The number of carbonyl (C=O) groups excluding carboxylic acids is 1. The third kappa shape index (κ3) is 4.59. The van der Waals surface area contributed by atoms with Crippen LogP contribution >= 0.6 is 0 Å². The Labute approximate surface area is 127 Å². The highest BCUT2D eigenvalue weighted by Gasteiger charge is 2.25. The van der Waals surface area contributed by atoms with Crippen molar-refractivity contribution in [1.82, 2.24) is 4.90 Å². The summed E-state index contributed by atoms with van der Waals surface area (Å²) in [4.78, 5) is 14.5. The number of hydrogen-bond acceptors (Lipinski definition) is 3. The van der Waals surface area contributed by atoms with E-state index in [2.05, 4.69) is 17.5 Å². The molecule has 1 aromatic rings. The maximum Gasteiger partial charge on any atom is 0.228 e. The number of piperidine rings is 1. The molecule has 2 rings (SSSR count). The third-order valence-electron chi connectivity index (χ3n) is 3.98. The molecule has 21 heavy (non-hydrogen) atoms. The number of benzene rings is 1. The summed E-state index contributed by atoms with van der Waals surface area (Å²) < 4.78 is 0. The first-order valence-electron chi connectivity index (χ1n) is 7.84. The van der Waals surface area contributed by atoms with Gasteiger partial charge in [0.05, 0.1) is 12.1 Å². The predicted octanol–water partition coefficient (Wildman–Crippen LogP) is 3.66. The zero-order chi connectivity index (χ0) is 15.1. The van der Waals surface area contributed by atoms with Crippen molar-refractivity contribution in [3.8, 4) is 0 Å². The fourth-order valence-electron chi connectivity index (χ4n) is 2.79. The molecule has 1 aromatic carbocycles. The number of carbonyl (C=O) groups is 1. The highest BCUT2D eigenvalue weighted by atomic mass is 16.2. The van der Waals surface area contributed by atoms with Crippen LogP contribution in [0.25, 0.3) is 0 Å². The highest BCUT2D eigenvalue weighted by molar-refractivity contribution is 6.00. The van der Waals surface area contributed by atoms with E-state index in [1.807, 2.05) is 42.2 Å². The van der Waals surface area contributed by atoms with Gasteiger partial charge in [0.15, 0.2) is 0 Å². The minimum absolute atomic E-state index is 0.206. The number of nitrogens with one attached hydrogen (secondary N) is 1. The molecule has 1 saturated heterocycles. The van der Waals surface area contributed by atoms with Crippen LogP contribution in [0, 0.1) is 0 Å². The van der Waals surface area contributed by atoms with E-state index in [0.29, 0.717) is 12.5 Å². The van der Waals surface area contributed by atoms with Gasteiger partial charge in [-0.25, -0.2) is 0 Å². The lowest BCUT2D eigenvalue weighted by molar-refractivity contribution is -0.133. The number of rotatable bonds is 5. The zero-order valence-corrected chi connectivity index (χ0v) is 13.0. The van der Waals surface area contributed by atoms with Crippen LogP contribution < -0.4 is 5.43 Å². The fourth-order valence-corrected chi connectivity index (χ4v) is 2.79. The number of likely N-dealkylation sites (tertiary alicyclic amines) is 1. The highest BCUT2D eigenvalue weighted by Crippen LogP contribution is 2.20. The lowest BCUT2D eigenvalue weighted by Gasteiger charge is -2.35. The second kappa shape index (κ2) is 7.81. The van der Waals surface area contributed by atoms with Crippen LogP contribution in [-0.2, 0) is 4.79 Å². The van der Waals surface area contributed by atoms with E-state index in [0.717, 1.165) is 37.2 Å². The van der Waals surface area contributed by atoms with Crippen LogP contribution in [-0.4, -0.2) is 29.1 Å². The van der Waals surface area contributed by atoms with Gasteiger partial charge in [0.1, 0.15) is 0 Å². The van der Waals surface area contributed by atoms with Gasteiger partial charge in [-0.15, -0.1) is 0 Å². The Morgan fingerprint density at radius 1 is 1.33 bits per heavy atom. The molecule has 1 atom stereocenters. The van der Waals surface area contributed by atoms with Gasteiger partial charge in [-0.2, -0.15) is 5.10 Å². The fraction of sp³-hybridized carbons (Fsp3) is 0.529. The van der Waals surface area contributed by atoms with Gasteiger partial charge in [-0.3, -0.25) is 10.2 Å². The monoisotopic (exact) mass is 287 g/mol. The molecule has 0 aromatic heterocycles. The number of para-hydroxylation sites is 1. The van der Waals surface area contributed by atoms with E-state index >= 15 is 0 Å². The number of hydrogen-bond donors (Lipinski definition) is 1. The van der Waals surface area contributed by atoms with Crippen molar-refractivity contribution in [1.29, 1.82) is 0 Å². The maximum absolute atomic E-state index is 12.4. The van der Waals surface area contributed by atoms with Crippen LogP contribution in [0.5, 0.6) is 0 Å². The average molecular weight is 287 g/mol. The quantitative estimate of drug-likeness (QED) is 0.663. The first-order chi connectivity index (χ1) is 10.2. The van der Waals surface area contributed by atoms with E-state index < -0.39 is 0 Å². The largest absolute Gasteiger partial charge is 0.339 e. The smallest absolute Gasteiger partial charge is 0.228 e. The summed E-state index contributed by atoms with van der Waals surface area (Å²) in [6.45, 7) is 4.96. The topological polar surface area (TPSA) is 44.7 Å². The molecule has 1 aliphatic rings. The van der Waals surface area contributed by atoms with Crippen molar-refractivity contribution >= 4 is 17.3 Å². The molecule has 0 spiro atoms. The Balaban J connectivity index is 1.89. The van der Waals surface area contributed by atoms with Crippen molar-refractivity contribution in [3.05, 3.63) is 30.3 Å². The third-order valence-corrected chi connectivity index (χ3v) is 3.98. The molecule has 1 N–H and O–H groups in total. The SMILES string of the molecule is CCC1CCCCN1C(=O)CC(C)=NNc1ccccc1. The Hall–Kier alpha value is -1.84. The van der Waals surface area contributed by atoms with E-state index in [4.69, 9.17) is 0 Å². The van der Waals surface area contributed by atoms with Gasteiger partial charge in [0.25, 0.3) is 0 Å². The van der Waals surface area contributed by atoms with E-state index in [9.17, 15) is 4.79 Å². The number of nitrogens with zero attached hydrogens (tertiary/aromatic N) is 2. The van der Waals surface area contributed by atoms with Crippen molar-refractivity contribution in [2.75, 3.05) is 12.0 Å². The molecule has 0 radical (unpaired) electrons. The Morgan fingerprint density at radius 3 is 2.81 bits per heavy atom. The summed E-state index contributed by atoms with van der Waals surface area (Å²) in [7, 11) is 0. The second-order valence-electron chi connectivity index (χ2n) is 5.65. The van der Waals surface area contributed by atoms with Gasteiger partial charge >= 0.3 is 0 Å². The Kier molecular flexibility index (Phi) is 5.78. The van der Waals surface area contributed by atoms with Crippen molar-refractivity contribution in [2.24, 2.45) is 5.10 Å². The summed E-state index contributed by atoms with van der Waals surface area (Å²) in [5.74, 6) is 0.206. The minimum atomic E-state index is 0.206. The Bertz CT molecular complexity index is 484. The number of anilines is 1. The van der Waals surface area contributed by atoms with Crippen LogP contribution in [0.3, 0.4) is 0 Å². The summed E-state index contributed by atoms with van der Waals surface area (Å²) in [5, 5.41) is 4.30. The zero-order valence-electron chi connectivity index (χ0n) is 13.0. The molecule has 1 aliphatic heterocycles. The molecule has 114 valence electrons. The van der Waals surface area contributed by atoms with Crippen LogP contribution in [0.1, 0.15) is 46.0 Å². The molecule has 0 aliphatic carbocycles. The maximum atomic E-state index is 12.4. The van der Waals surface area contributed by atoms with Gasteiger partial charge in [-0.1, -0.05) is 25.1 Å². The molecule has 0 bridgehead atoms. The molecule has 1 fully saturated rings. The summed E-state index contributed by atoms with van der Waals surface area (Å²) in [5.41, 5.74) is 4.76. The summed E-state index contributed by atoms with van der Waals surface area (Å²) >= 11 is 0. The average Bonchev–Trinajstić information content (AvgIpc) is 2.53. The van der Waals surface area contributed by atoms with Crippen LogP contribution in [0.4, 0.5) is 5.69 Å². The lowest BCUT2D eigenvalue weighted by Crippen LogP contribution is -2.43. The molecule has 0 saturated carbocycles. The molecule has 4 nitrogen and oxygen atoms in total. The van der Waals surface area contributed by atoms with Gasteiger partial charge in [0, 0.05) is 18.3 Å². The number of amides is 1.